The first-order valence-electron chi connectivity index (χ1n) is 16.3. The molecule has 0 aromatic heterocycles. The lowest BCUT2D eigenvalue weighted by molar-refractivity contribution is -0.150. The van der Waals surface area contributed by atoms with Crippen LogP contribution in [0.1, 0.15) is 68.3 Å². The number of methoxy groups -OCH3 is 1. The molecule has 0 spiro atoms. The molecule has 4 bridgehead atoms. The van der Waals surface area contributed by atoms with Gasteiger partial charge in [-0.2, -0.15) is 0 Å². The number of esters is 1. The molecule has 238 valence electrons. The van der Waals surface area contributed by atoms with Crippen LogP contribution in [-0.4, -0.2) is 32.1 Å². The van der Waals surface area contributed by atoms with Gasteiger partial charge < -0.3 is 24.3 Å². The molecule has 4 fully saturated rings. The molecule has 1 N–H and O–H groups in total. The highest BCUT2D eigenvalue weighted by molar-refractivity contribution is 6.04. The van der Waals surface area contributed by atoms with E-state index in [0.29, 0.717) is 17.0 Å². The second-order valence-corrected chi connectivity index (χ2v) is 13.5. The second kappa shape index (κ2) is 12.5. The maximum atomic E-state index is 12.9. The summed E-state index contributed by atoms with van der Waals surface area (Å²) in [5.74, 6) is 3.24. The summed E-state index contributed by atoms with van der Waals surface area (Å²) in [6, 6.07) is 25.5. The van der Waals surface area contributed by atoms with Crippen molar-refractivity contribution < 1.29 is 28.5 Å². The molecule has 4 aliphatic carbocycles. The predicted octanol–water partition coefficient (Wildman–Crippen LogP) is 8.50. The Morgan fingerprint density at radius 1 is 0.826 bits per heavy atom. The molecule has 4 aliphatic rings. The first-order chi connectivity index (χ1) is 22.3. The maximum absolute atomic E-state index is 12.9. The molecule has 0 heterocycles. The van der Waals surface area contributed by atoms with Crippen molar-refractivity contribution >= 4 is 28.3 Å². The van der Waals surface area contributed by atoms with Gasteiger partial charge in [0.15, 0.2) is 13.1 Å². The van der Waals surface area contributed by atoms with E-state index in [-0.39, 0.29) is 30.4 Å². The number of hydrogen-bond acceptors (Lipinski definition) is 6. The molecule has 4 aromatic rings. The first kappa shape index (κ1) is 30.5. The Balaban J connectivity index is 1.14. The van der Waals surface area contributed by atoms with Gasteiger partial charge in [-0.3, -0.25) is 9.59 Å². The standard InChI is InChI=1S/C39H41NO6/c1-24(41)46-35-12-10-34(11-13-35)40-38(42)30-6-4-29(5-7-30)31-8-9-32-19-37(45-23-44-25(2)43-3)36(18-33(32)17-31)39-20-26-14-27(21-39)16-28(15-26)22-39/h4-13,17-19,25-28H,14-16,20-23H2,1-3H3,(H,40,42). The van der Waals surface area contributed by atoms with E-state index in [9.17, 15) is 9.59 Å². The molecule has 1 atom stereocenters. The Kier molecular flexibility index (Phi) is 8.30. The summed E-state index contributed by atoms with van der Waals surface area (Å²) >= 11 is 0. The van der Waals surface area contributed by atoms with Crippen molar-refractivity contribution in [2.45, 2.75) is 64.1 Å². The number of nitrogens with one attached hydrogen (secondary N) is 1. The van der Waals surface area contributed by atoms with Crippen LogP contribution in [0.2, 0.25) is 0 Å². The van der Waals surface area contributed by atoms with E-state index in [1.54, 1.807) is 31.4 Å². The molecular weight excluding hydrogens is 578 g/mol. The zero-order chi connectivity index (χ0) is 31.8. The van der Waals surface area contributed by atoms with Crippen molar-refractivity contribution in [2.24, 2.45) is 17.8 Å². The van der Waals surface area contributed by atoms with Gasteiger partial charge in [-0.15, -0.1) is 0 Å². The molecule has 0 aliphatic heterocycles. The number of carbonyl (C=O) groups excluding carboxylic acids is 2. The highest BCUT2D eigenvalue weighted by atomic mass is 16.7. The monoisotopic (exact) mass is 619 g/mol. The molecule has 46 heavy (non-hydrogen) atoms. The molecule has 0 radical (unpaired) electrons. The van der Waals surface area contributed by atoms with Crippen molar-refractivity contribution in [3.8, 4) is 22.6 Å². The fourth-order valence-electron chi connectivity index (χ4n) is 8.48. The lowest BCUT2D eigenvalue weighted by atomic mass is 9.48. The lowest BCUT2D eigenvalue weighted by Gasteiger charge is -2.57. The molecule has 4 aromatic carbocycles. The number of anilines is 1. The van der Waals surface area contributed by atoms with Crippen molar-refractivity contribution in [3.05, 3.63) is 90.0 Å². The first-order valence-corrected chi connectivity index (χ1v) is 16.3. The molecule has 1 unspecified atom stereocenters. The summed E-state index contributed by atoms with van der Waals surface area (Å²) in [5, 5.41) is 5.23. The Labute approximate surface area is 270 Å². The van der Waals surface area contributed by atoms with Crippen LogP contribution in [0.25, 0.3) is 21.9 Å². The number of ether oxygens (including phenoxy) is 4. The number of hydrogen-bond donors (Lipinski definition) is 1. The van der Waals surface area contributed by atoms with Crippen LogP contribution in [-0.2, 0) is 19.7 Å². The van der Waals surface area contributed by atoms with E-state index in [1.165, 1.54) is 56.4 Å². The third-order valence-electron chi connectivity index (χ3n) is 10.3. The van der Waals surface area contributed by atoms with Gasteiger partial charge in [0.2, 0.25) is 0 Å². The quantitative estimate of drug-likeness (QED) is 0.109. The molecule has 1 amide bonds. The van der Waals surface area contributed by atoms with Gasteiger partial charge in [0.25, 0.3) is 5.91 Å². The van der Waals surface area contributed by atoms with Gasteiger partial charge in [0.05, 0.1) is 0 Å². The van der Waals surface area contributed by atoms with Crippen LogP contribution in [0, 0.1) is 17.8 Å². The average Bonchev–Trinajstić information content (AvgIpc) is 3.04. The second-order valence-electron chi connectivity index (χ2n) is 13.5. The number of carbonyl (C=O) groups is 2. The normalized spacial score (nSPS) is 23.7. The number of amides is 1. The largest absolute Gasteiger partial charge is 0.467 e. The zero-order valence-corrected chi connectivity index (χ0v) is 26.7. The topological polar surface area (TPSA) is 83.1 Å². The van der Waals surface area contributed by atoms with Crippen molar-refractivity contribution in [3.63, 3.8) is 0 Å². The minimum absolute atomic E-state index is 0.150. The predicted molar refractivity (Wildman–Crippen MR) is 178 cm³/mol. The van der Waals surface area contributed by atoms with Gasteiger partial charge in [-0.1, -0.05) is 24.3 Å². The van der Waals surface area contributed by atoms with Crippen molar-refractivity contribution in [2.75, 3.05) is 19.2 Å². The van der Waals surface area contributed by atoms with E-state index >= 15 is 0 Å². The van der Waals surface area contributed by atoms with Crippen LogP contribution in [0.15, 0.2) is 78.9 Å². The molecule has 7 nitrogen and oxygen atoms in total. The van der Waals surface area contributed by atoms with E-state index < -0.39 is 0 Å². The molecular formula is C39H41NO6. The van der Waals surface area contributed by atoms with E-state index in [0.717, 1.165) is 40.0 Å². The maximum Gasteiger partial charge on any atom is 0.308 e. The van der Waals surface area contributed by atoms with Crippen LogP contribution in [0.4, 0.5) is 5.69 Å². The fraction of sp³-hybridized carbons (Fsp3) is 0.385. The van der Waals surface area contributed by atoms with E-state index in [1.807, 2.05) is 31.2 Å². The highest BCUT2D eigenvalue weighted by Gasteiger charge is 2.52. The highest BCUT2D eigenvalue weighted by Crippen LogP contribution is 2.62. The number of benzene rings is 4. The minimum atomic E-state index is -0.386. The van der Waals surface area contributed by atoms with Crippen molar-refractivity contribution in [1.29, 1.82) is 0 Å². The van der Waals surface area contributed by atoms with Gasteiger partial charge in [-0.25, -0.2) is 0 Å². The molecule has 4 saturated carbocycles. The Morgan fingerprint density at radius 2 is 1.48 bits per heavy atom. The Bertz CT molecular complexity index is 1710. The molecule has 0 saturated heterocycles. The van der Waals surface area contributed by atoms with Crippen LogP contribution >= 0.6 is 0 Å². The number of fused-ring (bicyclic) bond motifs is 1. The summed E-state index contributed by atoms with van der Waals surface area (Å²) in [5.41, 5.74) is 4.82. The summed E-state index contributed by atoms with van der Waals surface area (Å²) in [6.45, 7) is 3.38. The van der Waals surface area contributed by atoms with Gasteiger partial charge >= 0.3 is 5.97 Å². The van der Waals surface area contributed by atoms with Crippen molar-refractivity contribution in [1.82, 2.24) is 0 Å². The van der Waals surface area contributed by atoms with Gasteiger partial charge in [-0.05, 0) is 145 Å². The van der Waals surface area contributed by atoms with Crippen LogP contribution in [0.3, 0.4) is 0 Å². The van der Waals surface area contributed by atoms with Crippen LogP contribution in [0.5, 0.6) is 11.5 Å². The summed E-state index contributed by atoms with van der Waals surface area (Å²) in [7, 11) is 1.64. The van der Waals surface area contributed by atoms with E-state index in [2.05, 4.69) is 35.6 Å². The average molecular weight is 620 g/mol. The minimum Gasteiger partial charge on any atom is -0.467 e. The van der Waals surface area contributed by atoms with Crippen LogP contribution < -0.4 is 14.8 Å². The smallest absolute Gasteiger partial charge is 0.308 e. The molecule has 8 rings (SSSR count). The Morgan fingerprint density at radius 3 is 2.11 bits per heavy atom. The zero-order valence-electron chi connectivity index (χ0n) is 26.7. The van der Waals surface area contributed by atoms with E-state index in [4.69, 9.17) is 18.9 Å². The summed E-state index contributed by atoms with van der Waals surface area (Å²) in [6.07, 6.45) is 7.57. The summed E-state index contributed by atoms with van der Waals surface area (Å²) < 4.78 is 22.4. The van der Waals surface area contributed by atoms with Gasteiger partial charge in [0, 0.05) is 30.8 Å². The lowest BCUT2D eigenvalue weighted by Crippen LogP contribution is -2.48. The third-order valence-corrected chi connectivity index (χ3v) is 10.3. The summed E-state index contributed by atoms with van der Waals surface area (Å²) in [4.78, 5) is 24.1. The third kappa shape index (κ3) is 6.26. The number of rotatable bonds is 10. The fourth-order valence-corrected chi connectivity index (χ4v) is 8.48. The molecule has 7 heteroatoms. The Hall–Kier alpha value is -4.20. The SMILES string of the molecule is COC(C)OCOc1cc2ccc(-c3ccc(C(=O)Nc4ccc(OC(C)=O)cc4)cc3)cc2cc1C12CC3CC(CC(C3)C1)C2. The van der Waals surface area contributed by atoms with Gasteiger partial charge in [0.1, 0.15) is 11.5 Å².